The standard InChI is InChI=1S/C7H9BrN2O2S/c1-2-13(11,12)10-7-6(8)4-3-5-9-7/h3-5H,2H2,1H3,(H,9,10). The number of nitrogens with one attached hydrogen (secondary N) is 1. The minimum Gasteiger partial charge on any atom is -0.266 e. The van der Waals surface area contributed by atoms with Crippen molar-refractivity contribution in [2.24, 2.45) is 0 Å². The third kappa shape index (κ3) is 2.96. The van der Waals surface area contributed by atoms with Crippen LogP contribution in [-0.2, 0) is 10.0 Å². The van der Waals surface area contributed by atoms with Crippen LogP contribution in [-0.4, -0.2) is 19.2 Å². The van der Waals surface area contributed by atoms with Gasteiger partial charge in [-0.15, -0.1) is 0 Å². The molecule has 0 bridgehead atoms. The number of hydrogen-bond donors (Lipinski definition) is 1. The lowest BCUT2D eigenvalue weighted by Crippen LogP contribution is -2.15. The summed E-state index contributed by atoms with van der Waals surface area (Å²) in [5, 5.41) is 0. The fourth-order valence-corrected chi connectivity index (χ4v) is 1.77. The second-order valence-electron chi connectivity index (χ2n) is 2.34. The highest BCUT2D eigenvalue weighted by atomic mass is 79.9. The summed E-state index contributed by atoms with van der Waals surface area (Å²) in [5.74, 6) is 0.361. The first-order chi connectivity index (χ1) is 6.05. The molecule has 6 heteroatoms. The van der Waals surface area contributed by atoms with Gasteiger partial charge in [0.1, 0.15) is 0 Å². The van der Waals surface area contributed by atoms with Crippen molar-refractivity contribution in [3.8, 4) is 0 Å². The van der Waals surface area contributed by atoms with E-state index < -0.39 is 10.0 Å². The maximum absolute atomic E-state index is 11.1. The van der Waals surface area contributed by atoms with Crippen LogP contribution in [0.3, 0.4) is 0 Å². The zero-order chi connectivity index (χ0) is 9.90. The molecule has 72 valence electrons. The van der Waals surface area contributed by atoms with Crippen molar-refractivity contribution in [3.63, 3.8) is 0 Å². The molecule has 1 N–H and O–H groups in total. The summed E-state index contributed by atoms with van der Waals surface area (Å²) in [6.07, 6.45) is 1.53. The summed E-state index contributed by atoms with van der Waals surface area (Å²) in [5.41, 5.74) is 0. The monoisotopic (exact) mass is 264 g/mol. The average Bonchev–Trinajstić information content (AvgIpc) is 2.09. The zero-order valence-electron chi connectivity index (χ0n) is 6.99. The highest BCUT2D eigenvalue weighted by molar-refractivity contribution is 9.10. The number of rotatable bonds is 3. The summed E-state index contributed by atoms with van der Waals surface area (Å²) in [4.78, 5) is 3.87. The molecule has 0 aliphatic heterocycles. The summed E-state index contributed by atoms with van der Waals surface area (Å²) >= 11 is 3.19. The van der Waals surface area contributed by atoms with Crippen LogP contribution in [0.25, 0.3) is 0 Å². The molecule has 0 spiro atoms. The summed E-state index contributed by atoms with van der Waals surface area (Å²) in [7, 11) is -3.24. The lowest BCUT2D eigenvalue weighted by molar-refractivity contribution is 0.602. The molecule has 0 radical (unpaired) electrons. The van der Waals surface area contributed by atoms with E-state index in [0.29, 0.717) is 10.3 Å². The van der Waals surface area contributed by atoms with Gasteiger partial charge in [0.15, 0.2) is 5.82 Å². The molecule has 1 heterocycles. The fraction of sp³-hybridized carbons (Fsp3) is 0.286. The Morgan fingerprint density at radius 1 is 1.62 bits per heavy atom. The highest BCUT2D eigenvalue weighted by Gasteiger charge is 2.09. The lowest BCUT2D eigenvalue weighted by atomic mass is 10.5. The van der Waals surface area contributed by atoms with Crippen LogP contribution in [0.2, 0.25) is 0 Å². The van der Waals surface area contributed by atoms with Crippen LogP contribution in [0.4, 0.5) is 5.82 Å². The van der Waals surface area contributed by atoms with E-state index in [9.17, 15) is 8.42 Å². The second-order valence-corrected chi connectivity index (χ2v) is 5.20. The number of pyridine rings is 1. The summed E-state index contributed by atoms with van der Waals surface area (Å²) in [6.45, 7) is 1.57. The average molecular weight is 265 g/mol. The Bertz CT molecular complexity index is 391. The van der Waals surface area contributed by atoms with Crippen molar-refractivity contribution in [1.29, 1.82) is 0 Å². The first-order valence-corrected chi connectivity index (χ1v) is 6.10. The van der Waals surface area contributed by atoms with Gasteiger partial charge in [-0.2, -0.15) is 0 Å². The van der Waals surface area contributed by atoms with Gasteiger partial charge in [-0.3, -0.25) is 4.72 Å². The van der Waals surface area contributed by atoms with Crippen molar-refractivity contribution < 1.29 is 8.42 Å². The molecular weight excluding hydrogens is 256 g/mol. The molecule has 0 saturated heterocycles. The third-order valence-electron chi connectivity index (χ3n) is 1.39. The van der Waals surface area contributed by atoms with E-state index in [1.165, 1.54) is 6.20 Å². The SMILES string of the molecule is CCS(=O)(=O)Nc1ncccc1Br. The Balaban J connectivity index is 2.93. The molecule has 0 aliphatic carbocycles. The van der Waals surface area contributed by atoms with Crippen LogP contribution >= 0.6 is 15.9 Å². The minimum absolute atomic E-state index is 0.0377. The van der Waals surface area contributed by atoms with Crippen molar-refractivity contribution in [2.75, 3.05) is 10.5 Å². The van der Waals surface area contributed by atoms with Gasteiger partial charge < -0.3 is 0 Å². The van der Waals surface area contributed by atoms with Gasteiger partial charge in [0.25, 0.3) is 0 Å². The van der Waals surface area contributed by atoms with Crippen molar-refractivity contribution in [2.45, 2.75) is 6.92 Å². The van der Waals surface area contributed by atoms with E-state index in [4.69, 9.17) is 0 Å². The Morgan fingerprint density at radius 2 is 2.31 bits per heavy atom. The number of sulfonamides is 1. The van der Waals surface area contributed by atoms with E-state index in [1.54, 1.807) is 19.1 Å². The first kappa shape index (κ1) is 10.5. The minimum atomic E-state index is -3.24. The van der Waals surface area contributed by atoms with Gasteiger partial charge >= 0.3 is 0 Å². The van der Waals surface area contributed by atoms with E-state index >= 15 is 0 Å². The van der Waals surface area contributed by atoms with E-state index in [2.05, 4.69) is 25.6 Å². The van der Waals surface area contributed by atoms with Gasteiger partial charge in [0, 0.05) is 6.20 Å². The van der Waals surface area contributed by atoms with Gasteiger partial charge in [-0.1, -0.05) is 0 Å². The molecule has 0 aliphatic rings. The topological polar surface area (TPSA) is 59.1 Å². The maximum Gasteiger partial charge on any atom is 0.233 e. The third-order valence-corrected chi connectivity index (χ3v) is 3.30. The van der Waals surface area contributed by atoms with Gasteiger partial charge in [-0.25, -0.2) is 13.4 Å². The molecule has 0 unspecified atom stereocenters. The Morgan fingerprint density at radius 3 is 2.85 bits per heavy atom. The zero-order valence-corrected chi connectivity index (χ0v) is 9.39. The number of halogens is 1. The molecule has 13 heavy (non-hydrogen) atoms. The molecule has 1 aromatic heterocycles. The maximum atomic E-state index is 11.1. The van der Waals surface area contributed by atoms with Crippen LogP contribution < -0.4 is 4.72 Å². The molecule has 0 amide bonds. The van der Waals surface area contributed by atoms with Gasteiger partial charge in [0.05, 0.1) is 10.2 Å². The fourth-order valence-electron chi connectivity index (χ4n) is 0.680. The molecule has 1 rings (SSSR count). The van der Waals surface area contributed by atoms with Crippen molar-refractivity contribution in [1.82, 2.24) is 4.98 Å². The second kappa shape index (κ2) is 4.06. The van der Waals surface area contributed by atoms with Crippen molar-refractivity contribution in [3.05, 3.63) is 22.8 Å². The molecule has 0 fully saturated rings. The van der Waals surface area contributed by atoms with Crippen LogP contribution in [0, 0.1) is 0 Å². The Hall–Kier alpha value is -0.620. The smallest absolute Gasteiger partial charge is 0.233 e. The molecule has 0 aromatic carbocycles. The van der Waals surface area contributed by atoms with E-state index in [1.807, 2.05) is 0 Å². The predicted octanol–water partition coefficient (Wildman–Crippen LogP) is 1.61. The largest absolute Gasteiger partial charge is 0.266 e. The van der Waals surface area contributed by atoms with Gasteiger partial charge in [0.2, 0.25) is 10.0 Å². The highest BCUT2D eigenvalue weighted by Crippen LogP contribution is 2.19. The summed E-state index contributed by atoms with van der Waals surface area (Å²) < 4.78 is 25.3. The quantitative estimate of drug-likeness (QED) is 0.903. The molecule has 4 nitrogen and oxygen atoms in total. The first-order valence-electron chi connectivity index (χ1n) is 3.66. The molecule has 0 atom stereocenters. The predicted molar refractivity (Wildman–Crippen MR) is 55.0 cm³/mol. The lowest BCUT2D eigenvalue weighted by Gasteiger charge is -2.05. The summed E-state index contributed by atoms with van der Waals surface area (Å²) in [6, 6.07) is 3.44. The van der Waals surface area contributed by atoms with E-state index in [0.717, 1.165) is 0 Å². The van der Waals surface area contributed by atoms with Crippen LogP contribution in [0.5, 0.6) is 0 Å². The van der Waals surface area contributed by atoms with Gasteiger partial charge in [-0.05, 0) is 35.0 Å². The van der Waals surface area contributed by atoms with Crippen molar-refractivity contribution >= 4 is 31.8 Å². The Kier molecular flexibility index (Phi) is 3.27. The molecular formula is C7H9BrN2O2S. The molecule has 0 saturated carbocycles. The number of nitrogens with zero attached hydrogens (tertiary/aromatic N) is 1. The van der Waals surface area contributed by atoms with Crippen LogP contribution in [0.15, 0.2) is 22.8 Å². The number of hydrogen-bond acceptors (Lipinski definition) is 3. The number of anilines is 1. The van der Waals surface area contributed by atoms with Crippen LogP contribution in [0.1, 0.15) is 6.92 Å². The van der Waals surface area contributed by atoms with E-state index in [-0.39, 0.29) is 5.75 Å². The molecule has 1 aromatic rings. The Labute approximate surface area is 85.6 Å². The normalized spacial score (nSPS) is 11.2. The number of aromatic nitrogens is 1.